The van der Waals surface area contributed by atoms with Crippen LogP contribution in [0.25, 0.3) is 0 Å². The van der Waals surface area contributed by atoms with Crippen molar-refractivity contribution in [2.75, 3.05) is 19.6 Å². The van der Waals surface area contributed by atoms with Gasteiger partial charge in [0.05, 0.1) is 0 Å². The Bertz CT molecular complexity index is 346. The molecule has 1 rings (SSSR count). The molecule has 0 radical (unpaired) electrons. The molecule has 1 saturated heterocycles. The Morgan fingerprint density at radius 1 is 1.11 bits per heavy atom. The predicted octanol–water partition coefficient (Wildman–Crippen LogP) is 0.146. The molecule has 0 aromatic carbocycles. The summed E-state index contributed by atoms with van der Waals surface area (Å²) in [6.07, 6.45) is 5.21. The summed E-state index contributed by atoms with van der Waals surface area (Å²) in [7, 11) is 0. The van der Waals surface area contributed by atoms with Crippen molar-refractivity contribution >= 4 is 17.8 Å². The number of carboxylic acids is 1. The molecule has 1 aliphatic heterocycles. The minimum atomic E-state index is -1.17. The topological polar surface area (TPSA) is 86.7 Å². The predicted molar refractivity (Wildman–Crippen MR) is 64.8 cm³/mol. The molecule has 2 N–H and O–H groups in total. The second-order valence-corrected chi connectivity index (χ2v) is 4.15. The van der Waals surface area contributed by atoms with E-state index in [-0.39, 0.29) is 18.9 Å². The summed E-state index contributed by atoms with van der Waals surface area (Å²) in [5, 5.41) is 10.8. The fourth-order valence-electron chi connectivity index (χ4n) is 1.80. The highest BCUT2D eigenvalue weighted by Crippen LogP contribution is 2.09. The molecule has 0 unspecified atom stereocenters. The number of amides is 2. The molecule has 0 spiro atoms. The first-order valence-corrected chi connectivity index (χ1v) is 6.06. The molecular weight excluding hydrogens is 236 g/mol. The van der Waals surface area contributed by atoms with Crippen molar-refractivity contribution in [2.45, 2.75) is 25.7 Å². The molecule has 6 nitrogen and oxygen atoms in total. The lowest BCUT2D eigenvalue weighted by Gasteiger charge is -2.26. The minimum absolute atomic E-state index is 0.0391. The first kappa shape index (κ1) is 14.2. The molecule has 1 aliphatic rings. The summed E-state index contributed by atoms with van der Waals surface area (Å²) in [6, 6.07) is 0. The summed E-state index contributed by atoms with van der Waals surface area (Å²) >= 11 is 0. The monoisotopic (exact) mass is 254 g/mol. The number of likely N-dealkylation sites (tertiary alicyclic amines) is 1. The minimum Gasteiger partial charge on any atom is -0.478 e. The number of aliphatic carboxylic acids is 1. The number of piperidine rings is 1. The van der Waals surface area contributed by atoms with E-state index >= 15 is 0 Å². The number of nitrogens with zero attached hydrogens (tertiary/aromatic N) is 1. The van der Waals surface area contributed by atoms with E-state index in [2.05, 4.69) is 5.32 Å². The molecule has 6 heteroatoms. The van der Waals surface area contributed by atoms with E-state index in [4.69, 9.17) is 5.11 Å². The van der Waals surface area contributed by atoms with Gasteiger partial charge < -0.3 is 15.3 Å². The van der Waals surface area contributed by atoms with Gasteiger partial charge in [0.1, 0.15) is 0 Å². The van der Waals surface area contributed by atoms with Gasteiger partial charge in [0.15, 0.2) is 0 Å². The van der Waals surface area contributed by atoms with Gasteiger partial charge in [-0.3, -0.25) is 9.59 Å². The average Bonchev–Trinajstić information content (AvgIpc) is 2.37. The largest absolute Gasteiger partial charge is 0.478 e. The number of hydrogen-bond donors (Lipinski definition) is 2. The third kappa shape index (κ3) is 5.47. The van der Waals surface area contributed by atoms with Crippen molar-refractivity contribution in [3.05, 3.63) is 12.2 Å². The van der Waals surface area contributed by atoms with Crippen molar-refractivity contribution in [1.82, 2.24) is 10.2 Å². The Kier molecular flexibility index (Phi) is 5.90. The summed E-state index contributed by atoms with van der Waals surface area (Å²) in [6.45, 7) is 1.83. The van der Waals surface area contributed by atoms with Gasteiger partial charge in [-0.25, -0.2) is 4.79 Å². The number of carbonyl (C=O) groups is 3. The zero-order valence-corrected chi connectivity index (χ0v) is 10.2. The summed E-state index contributed by atoms with van der Waals surface area (Å²) in [5.41, 5.74) is 0. The third-order valence-electron chi connectivity index (χ3n) is 2.72. The van der Waals surface area contributed by atoms with Crippen molar-refractivity contribution in [2.24, 2.45) is 0 Å². The molecule has 0 atom stereocenters. The second-order valence-electron chi connectivity index (χ2n) is 4.15. The lowest BCUT2D eigenvalue weighted by Crippen LogP contribution is -2.37. The lowest BCUT2D eigenvalue weighted by atomic mass is 10.1. The SMILES string of the molecule is O=C(O)/C=C/C(=O)NCCC(=O)N1CCCCC1. The van der Waals surface area contributed by atoms with Crippen molar-refractivity contribution in [1.29, 1.82) is 0 Å². The van der Waals surface area contributed by atoms with E-state index in [1.54, 1.807) is 0 Å². The molecule has 18 heavy (non-hydrogen) atoms. The number of carbonyl (C=O) groups excluding carboxylic acids is 2. The van der Waals surface area contributed by atoms with Crippen molar-refractivity contribution in [3.63, 3.8) is 0 Å². The highest BCUT2D eigenvalue weighted by molar-refractivity contribution is 5.94. The van der Waals surface area contributed by atoms with Crippen molar-refractivity contribution in [3.8, 4) is 0 Å². The van der Waals surface area contributed by atoms with Crippen LogP contribution in [-0.2, 0) is 14.4 Å². The maximum absolute atomic E-state index is 11.7. The van der Waals surface area contributed by atoms with Crippen molar-refractivity contribution < 1.29 is 19.5 Å². The molecule has 1 fully saturated rings. The van der Waals surface area contributed by atoms with Crippen LogP contribution >= 0.6 is 0 Å². The van der Waals surface area contributed by atoms with E-state index in [9.17, 15) is 14.4 Å². The highest BCUT2D eigenvalue weighted by atomic mass is 16.4. The Morgan fingerprint density at radius 3 is 2.39 bits per heavy atom. The van der Waals surface area contributed by atoms with E-state index in [1.165, 1.54) is 6.42 Å². The number of hydrogen-bond acceptors (Lipinski definition) is 3. The third-order valence-corrected chi connectivity index (χ3v) is 2.72. The first-order valence-electron chi connectivity index (χ1n) is 6.06. The molecule has 2 amide bonds. The zero-order chi connectivity index (χ0) is 13.4. The van der Waals surface area contributed by atoms with E-state index < -0.39 is 11.9 Å². The van der Waals surface area contributed by atoms with E-state index in [0.717, 1.165) is 38.1 Å². The zero-order valence-electron chi connectivity index (χ0n) is 10.2. The molecule has 0 aliphatic carbocycles. The fraction of sp³-hybridized carbons (Fsp3) is 0.583. The van der Waals surface area contributed by atoms with Crippen LogP contribution in [0.3, 0.4) is 0 Å². The molecule has 0 aromatic rings. The van der Waals surface area contributed by atoms with Crippen LogP contribution in [0.1, 0.15) is 25.7 Å². The summed E-state index contributed by atoms with van der Waals surface area (Å²) in [5.74, 6) is -1.63. The Hall–Kier alpha value is -1.85. The second kappa shape index (κ2) is 7.47. The highest BCUT2D eigenvalue weighted by Gasteiger charge is 2.15. The Labute approximate surface area is 106 Å². The maximum atomic E-state index is 11.7. The van der Waals surface area contributed by atoms with Crippen LogP contribution in [0.5, 0.6) is 0 Å². The van der Waals surface area contributed by atoms with Gasteiger partial charge in [0.2, 0.25) is 11.8 Å². The molecular formula is C12H18N2O4. The molecule has 0 saturated carbocycles. The number of rotatable bonds is 5. The summed E-state index contributed by atoms with van der Waals surface area (Å²) in [4.78, 5) is 34.8. The van der Waals surface area contributed by atoms with Crippen LogP contribution < -0.4 is 5.32 Å². The van der Waals surface area contributed by atoms with Gasteiger partial charge >= 0.3 is 5.97 Å². The smallest absolute Gasteiger partial charge is 0.328 e. The average molecular weight is 254 g/mol. The quantitative estimate of drug-likeness (QED) is 0.683. The van der Waals surface area contributed by atoms with Gasteiger partial charge in [-0.05, 0) is 19.3 Å². The molecule has 1 heterocycles. The van der Waals surface area contributed by atoms with Crippen LogP contribution in [-0.4, -0.2) is 47.4 Å². The van der Waals surface area contributed by atoms with Gasteiger partial charge in [-0.15, -0.1) is 0 Å². The Balaban J connectivity index is 2.18. The maximum Gasteiger partial charge on any atom is 0.328 e. The van der Waals surface area contributed by atoms with E-state index in [1.807, 2.05) is 4.90 Å². The molecule has 100 valence electrons. The lowest BCUT2D eigenvalue weighted by molar-refractivity contribution is -0.133. The molecule has 0 bridgehead atoms. The van der Waals surface area contributed by atoms with Crippen LogP contribution in [0.2, 0.25) is 0 Å². The summed E-state index contributed by atoms with van der Waals surface area (Å²) < 4.78 is 0. The number of nitrogens with one attached hydrogen (secondary N) is 1. The molecule has 0 aromatic heterocycles. The number of carboxylic acid groups (broad SMARTS) is 1. The fourth-order valence-corrected chi connectivity index (χ4v) is 1.80. The van der Waals surface area contributed by atoms with Gasteiger partial charge in [0, 0.05) is 38.2 Å². The normalized spacial score (nSPS) is 15.7. The van der Waals surface area contributed by atoms with E-state index in [0.29, 0.717) is 0 Å². The van der Waals surface area contributed by atoms with Crippen LogP contribution in [0, 0.1) is 0 Å². The van der Waals surface area contributed by atoms with Crippen LogP contribution in [0.4, 0.5) is 0 Å². The first-order chi connectivity index (χ1) is 8.59. The standard InChI is InChI=1S/C12H18N2O4/c15-10(4-5-12(17)18)13-7-6-11(16)14-8-2-1-3-9-14/h4-5H,1-3,6-9H2,(H,13,15)(H,17,18)/b5-4+. The van der Waals surface area contributed by atoms with Gasteiger partial charge in [-0.1, -0.05) is 0 Å². The van der Waals surface area contributed by atoms with Crippen LogP contribution in [0.15, 0.2) is 12.2 Å². The van der Waals surface area contributed by atoms with Gasteiger partial charge in [0.25, 0.3) is 0 Å². The van der Waals surface area contributed by atoms with Gasteiger partial charge in [-0.2, -0.15) is 0 Å². The Morgan fingerprint density at radius 2 is 1.78 bits per heavy atom.